The third-order valence-corrected chi connectivity index (χ3v) is 4.03. The van der Waals surface area contributed by atoms with E-state index in [2.05, 4.69) is 19.9 Å². The summed E-state index contributed by atoms with van der Waals surface area (Å²) in [5, 5.41) is 0. The zero-order valence-electron chi connectivity index (χ0n) is 11.6. The van der Waals surface area contributed by atoms with Crippen molar-refractivity contribution in [3.8, 4) is 0 Å². The molecule has 1 fully saturated rings. The summed E-state index contributed by atoms with van der Waals surface area (Å²) in [6, 6.07) is 0. The van der Waals surface area contributed by atoms with Crippen LogP contribution in [0.3, 0.4) is 0 Å². The number of imidazole rings is 1. The Hall–Kier alpha value is -2.38. The number of ether oxygens (including phenoxy) is 1. The first-order chi connectivity index (χ1) is 10.1. The number of rotatable bonds is 3. The molecule has 0 amide bonds. The number of H-pyrrole nitrogens is 3. The second-order valence-electron chi connectivity index (χ2n) is 5.30. The van der Waals surface area contributed by atoms with Gasteiger partial charge in [-0.25, -0.2) is 9.78 Å². The molecular weight excluding hydrogens is 276 g/mol. The molecule has 2 aromatic heterocycles. The minimum absolute atomic E-state index is 0.142. The Morgan fingerprint density at radius 2 is 1.95 bits per heavy atom. The predicted octanol–water partition coefficient (Wildman–Crippen LogP) is 0.386. The quantitative estimate of drug-likeness (QED) is 0.706. The van der Waals surface area contributed by atoms with Crippen LogP contribution in [0.1, 0.15) is 37.4 Å². The first-order valence-electron chi connectivity index (χ1n) is 6.90. The Kier molecular flexibility index (Phi) is 3.36. The van der Waals surface area contributed by atoms with Crippen LogP contribution in [0, 0.1) is 5.92 Å². The van der Waals surface area contributed by atoms with Gasteiger partial charge in [-0.05, 0) is 18.8 Å². The van der Waals surface area contributed by atoms with Crippen LogP contribution < -0.4 is 11.2 Å². The lowest BCUT2D eigenvalue weighted by Gasteiger charge is -2.18. The molecule has 1 aliphatic rings. The Bertz CT molecular complexity index is 781. The molecule has 2 heterocycles. The molecule has 0 aliphatic heterocycles. The SMILES string of the molecule is COC(=O)C(c1nc2[nH]c(=O)[nH]c(=O)c2[nH]1)C1CCCC1. The monoisotopic (exact) mass is 292 g/mol. The minimum atomic E-state index is -0.624. The Morgan fingerprint density at radius 1 is 1.24 bits per heavy atom. The number of fused-ring (bicyclic) bond motifs is 1. The fourth-order valence-corrected chi connectivity index (χ4v) is 3.04. The van der Waals surface area contributed by atoms with Crippen LogP contribution in [0.15, 0.2) is 9.59 Å². The largest absolute Gasteiger partial charge is 0.468 e. The van der Waals surface area contributed by atoms with Crippen molar-refractivity contribution in [1.82, 2.24) is 19.9 Å². The number of methoxy groups -OCH3 is 1. The lowest BCUT2D eigenvalue weighted by molar-refractivity contribution is -0.144. The van der Waals surface area contributed by atoms with E-state index < -0.39 is 17.2 Å². The molecule has 2 aromatic rings. The molecule has 0 aromatic carbocycles. The van der Waals surface area contributed by atoms with Gasteiger partial charge in [0.25, 0.3) is 5.56 Å². The molecular formula is C13H16N4O4. The summed E-state index contributed by atoms with van der Waals surface area (Å²) in [6.07, 6.45) is 3.97. The predicted molar refractivity (Wildman–Crippen MR) is 74.1 cm³/mol. The number of nitrogens with zero attached hydrogens (tertiary/aromatic N) is 1. The summed E-state index contributed by atoms with van der Waals surface area (Å²) >= 11 is 0. The average molecular weight is 292 g/mol. The molecule has 3 rings (SSSR count). The second kappa shape index (κ2) is 5.19. The maximum atomic E-state index is 12.1. The Morgan fingerprint density at radius 3 is 2.62 bits per heavy atom. The van der Waals surface area contributed by atoms with Gasteiger partial charge in [-0.2, -0.15) is 0 Å². The maximum absolute atomic E-state index is 12.1. The first-order valence-corrected chi connectivity index (χ1v) is 6.90. The van der Waals surface area contributed by atoms with Crippen LogP contribution >= 0.6 is 0 Å². The number of carbonyl (C=O) groups excluding carboxylic acids is 1. The third-order valence-electron chi connectivity index (χ3n) is 4.03. The van der Waals surface area contributed by atoms with Gasteiger partial charge in [0.15, 0.2) is 5.65 Å². The summed E-state index contributed by atoms with van der Waals surface area (Å²) in [5.41, 5.74) is -0.856. The fraction of sp³-hybridized carbons (Fsp3) is 0.538. The van der Waals surface area contributed by atoms with Gasteiger partial charge in [0, 0.05) is 0 Å². The van der Waals surface area contributed by atoms with Crippen molar-refractivity contribution in [2.24, 2.45) is 5.92 Å². The normalized spacial score (nSPS) is 17.2. The van der Waals surface area contributed by atoms with Crippen molar-refractivity contribution < 1.29 is 9.53 Å². The molecule has 0 saturated heterocycles. The highest BCUT2D eigenvalue weighted by Crippen LogP contribution is 2.37. The van der Waals surface area contributed by atoms with E-state index >= 15 is 0 Å². The van der Waals surface area contributed by atoms with E-state index in [0.29, 0.717) is 5.82 Å². The standard InChI is InChI=1S/C13H16N4O4/c1-21-12(19)7(6-4-2-3-5-6)9-14-8-10(15-9)16-13(20)17-11(8)18/h6-7H,2-5H2,1H3,(H3,14,15,16,17,18,20). The van der Waals surface area contributed by atoms with E-state index in [1.165, 1.54) is 7.11 Å². The second-order valence-corrected chi connectivity index (χ2v) is 5.30. The summed E-state index contributed by atoms with van der Waals surface area (Å²) in [5.74, 6) is -0.396. The van der Waals surface area contributed by atoms with Gasteiger partial charge in [0.2, 0.25) is 0 Å². The number of aromatic amines is 3. The van der Waals surface area contributed by atoms with Crippen LogP contribution in [-0.4, -0.2) is 33.0 Å². The third kappa shape index (κ3) is 2.37. The minimum Gasteiger partial charge on any atom is -0.468 e. The summed E-state index contributed by atoms with van der Waals surface area (Å²) in [7, 11) is 1.33. The highest BCUT2D eigenvalue weighted by Gasteiger charge is 2.35. The van der Waals surface area contributed by atoms with E-state index in [9.17, 15) is 14.4 Å². The van der Waals surface area contributed by atoms with Gasteiger partial charge >= 0.3 is 11.7 Å². The van der Waals surface area contributed by atoms with Crippen LogP contribution in [0.25, 0.3) is 11.2 Å². The van der Waals surface area contributed by atoms with Gasteiger partial charge in [0.05, 0.1) is 7.11 Å². The van der Waals surface area contributed by atoms with Crippen molar-refractivity contribution in [3.63, 3.8) is 0 Å². The smallest absolute Gasteiger partial charge is 0.327 e. The molecule has 0 radical (unpaired) electrons. The molecule has 1 aliphatic carbocycles. The molecule has 1 unspecified atom stereocenters. The number of aromatic nitrogens is 4. The van der Waals surface area contributed by atoms with Gasteiger partial charge in [0.1, 0.15) is 17.3 Å². The lowest BCUT2D eigenvalue weighted by atomic mass is 9.90. The van der Waals surface area contributed by atoms with E-state index in [1.54, 1.807) is 0 Å². The van der Waals surface area contributed by atoms with Crippen LogP contribution in [-0.2, 0) is 9.53 Å². The van der Waals surface area contributed by atoms with Gasteiger partial charge in [-0.15, -0.1) is 0 Å². The summed E-state index contributed by atoms with van der Waals surface area (Å²) in [4.78, 5) is 46.7. The number of hydrogen-bond acceptors (Lipinski definition) is 5. The van der Waals surface area contributed by atoms with Gasteiger partial charge in [-0.1, -0.05) is 12.8 Å². The van der Waals surface area contributed by atoms with Crippen molar-refractivity contribution in [2.75, 3.05) is 7.11 Å². The highest BCUT2D eigenvalue weighted by molar-refractivity contribution is 5.79. The van der Waals surface area contributed by atoms with Crippen molar-refractivity contribution in [1.29, 1.82) is 0 Å². The average Bonchev–Trinajstić information content (AvgIpc) is 3.08. The Balaban J connectivity index is 2.10. The molecule has 1 saturated carbocycles. The number of carbonyl (C=O) groups is 1. The maximum Gasteiger partial charge on any atom is 0.327 e. The topological polar surface area (TPSA) is 121 Å². The van der Waals surface area contributed by atoms with Gasteiger partial charge in [-0.3, -0.25) is 19.6 Å². The Labute approximate surface area is 118 Å². The molecule has 0 bridgehead atoms. The van der Waals surface area contributed by atoms with E-state index in [1.807, 2.05) is 0 Å². The lowest BCUT2D eigenvalue weighted by Crippen LogP contribution is -2.22. The molecule has 8 heteroatoms. The van der Waals surface area contributed by atoms with Gasteiger partial charge < -0.3 is 9.72 Å². The van der Waals surface area contributed by atoms with Crippen LogP contribution in [0.2, 0.25) is 0 Å². The zero-order chi connectivity index (χ0) is 15.0. The summed E-state index contributed by atoms with van der Waals surface area (Å²) < 4.78 is 4.87. The number of esters is 1. The number of nitrogens with one attached hydrogen (secondary N) is 3. The molecule has 0 spiro atoms. The fourth-order valence-electron chi connectivity index (χ4n) is 3.04. The van der Waals surface area contributed by atoms with E-state index in [-0.39, 0.29) is 23.1 Å². The first kappa shape index (κ1) is 13.6. The highest BCUT2D eigenvalue weighted by atomic mass is 16.5. The molecule has 8 nitrogen and oxygen atoms in total. The molecule has 1 atom stereocenters. The van der Waals surface area contributed by atoms with E-state index in [4.69, 9.17) is 4.74 Å². The van der Waals surface area contributed by atoms with Crippen molar-refractivity contribution in [2.45, 2.75) is 31.6 Å². The zero-order valence-corrected chi connectivity index (χ0v) is 11.6. The number of hydrogen-bond donors (Lipinski definition) is 3. The molecule has 3 N–H and O–H groups in total. The molecule has 21 heavy (non-hydrogen) atoms. The molecule has 112 valence electrons. The van der Waals surface area contributed by atoms with Crippen molar-refractivity contribution in [3.05, 3.63) is 26.7 Å². The van der Waals surface area contributed by atoms with Crippen LogP contribution in [0.4, 0.5) is 0 Å². The van der Waals surface area contributed by atoms with E-state index in [0.717, 1.165) is 25.7 Å². The van der Waals surface area contributed by atoms with Crippen molar-refractivity contribution >= 4 is 17.1 Å². The summed E-state index contributed by atoms with van der Waals surface area (Å²) in [6.45, 7) is 0. The van der Waals surface area contributed by atoms with Crippen LogP contribution in [0.5, 0.6) is 0 Å².